The van der Waals surface area contributed by atoms with Gasteiger partial charge in [-0.05, 0) is 13.0 Å². The predicted octanol–water partition coefficient (Wildman–Crippen LogP) is 0.886. The van der Waals surface area contributed by atoms with Gasteiger partial charge in [0.25, 0.3) is 0 Å². The van der Waals surface area contributed by atoms with E-state index in [1.165, 1.54) is 6.20 Å². The molecule has 2 N–H and O–H groups in total. The van der Waals surface area contributed by atoms with Gasteiger partial charge >= 0.3 is 0 Å². The molecule has 0 amide bonds. The lowest BCUT2D eigenvalue weighted by Gasteiger charge is -2.00. The highest BCUT2D eigenvalue weighted by atomic mass is 16.3. The monoisotopic (exact) mass is 152 g/mol. The molecule has 0 fully saturated rings. The van der Waals surface area contributed by atoms with Crippen LogP contribution in [0.3, 0.4) is 0 Å². The molecule has 1 aromatic rings. The molecule has 1 atom stereocenters. The smallest absolute Gasteiger partial charge is 0.220 e. The van der Waals surface area contributed by atoms with E-state index in [1.54, 1.807) is 13.0 Å². The first-order chi connectivity index (χ1) is 5.24. The Kier molecular flexibility index (Phi) is 2.10. The minimum Gasteiger partial charge on any atom is -0.368 e. The standard InChI is InChI=1S/C6H8N4O/c1-4(10-11)5-2-3-8-6(7)9-5/h2-4H,1H3,(H2,7,8,9). The summed E-state index contributed by atoms with van der Waals surface area (Å²) in [5.74, 6) is 0.165. The highest BCUT2D eigenvalue weighted by Gasteiger charge is 2.05. The Hall–Kier alpha value is -1.52. The van der Waals surface area contributed by atoms with Crippen molar-refractivity contribution in [3.05, 3.63) is 22.9 Å². The number of nitroso groups, excluding NO2 is 1. The zero-order valence-electron chi connectivity index (χ0n) is 6.06. The van der Waals surface area contributed by atoms with Crippen molar-refractivity contribution in [2.45, 2.75) is 13.0 Å². The molecule has 58 valence electrons. The Morgan fingerprint density at radius 1 is 1.73 bits per heavy atom. The minimum atomic E-state index is -0.458. The number of nitrogens with zero attached hydrogens (tertiary/aromatic N) is 3. The molecule has 0 radical (unpaired) electrons. The number of nitrogen functional groups attached to an aromatic ring is 1. The largest absolute Gasteiger partial charge is 0.368 e. The molecular weight excluding hydrogens is 144 g/mol. The van der Waals surface area contributed by atoms with Crippen LogP contribution in [-0.2, 0) is 0 Å². The normalized spacial score (nSPS) is 12.5. The third kappa shape index (κ3) is 1.70. The number of aromatic nitrogens is 2. The van der Waals surface area contributed by atoms with Gasteiger partial charge in [0, 0.05) is 6.20 Å². The molecule has 1 aromatic heterocycles. The summed E-state index contributed by atoms with van der Waals surface area (Å²) in [6.07, 6.45) is 1.50. The van der Waals surface area contributed by atoms with Crippen LogP contribution in [0.5, 0.6) is 0 Å². The fraction of sp³-hybridized carbons (Fsp3) is 0.333. The van der Waals surface area contributed by atoms with E-state index in [-0.39, 0.29) is 5.95 Å². The summed E-state index contributed by atoms with van der Waals surface area (Å²) in [5, 5.41) is 2.80. The second-order valence-corrected chi connectivity index (χ2v) is 2.12. The molecule has 0 aliphatic heterocycles. The van der Waals surface area contributed by atoms with Gasteiger partial charge in [-0.3, -0.25) is 0 Å². The molecule has 0 aliphatic carbocycles. The molecule has 0 bridgehead atoms. The van der Waals surface area contributed by atoms with Gasteiger partial charge in [0.1, 0.15) is 6.04 Å². The van der Waals surface area contributed by atoms with Crippen LogP contribution >= 0.6 is 0 Å². The molecule has 1 rings (SSSR count). The summed E-state index contributed by atoms with van der Waals surface area (Å²) >= 11 is 0. The van der Waals surface area contributed by atoms with Gasteiger partial charge in [-0.1, -0.05) is 5.18 Å². The van der Waals surface area contributed by atoms with Crippen molar-refractivity contribution in [2.75, 3.05) is 5.73 Å². The molecule has 0 spiro atoms. The van der Waals surface area contributed by atoms with Gasteiger partial charge < -0.3 is 5.73 Å². The molecule has 5 heteroatoms. The van der Waals surface area contributed by atoms with Gasteiger partial charge in [-0.25, -0.2) is 9.97 Å². The minimum absolute atomic E-state index is 0.165. The van der Waals surface area contributed by atoms with Crippen molar-refractivity contribution in [1.29, 1.82) is 0 Å². The van der Waals surface area contributed by atoms with E-state index in [2.05, 4.69) is 15.1 Å². The third-order valence-corrected chi connectivity index (χ3v) is 1.28. The van der Waals surface area contributed by atoms with Crippen molar-refractivity contribution in [3.8, 4) is 0 Å². The first-order valence-corrected chi connectivity index (χ1v) is 3.15. The van der Waals surface area contributed by atoms with Crippen molar-refractivity contribution < 1.29 is 0 Å². The highest BCUT2D eigenvalue weighted by molar-refractivity contribution is 5.18. The van der Waals surface area contributed by atoms with Crippen molar-refractivity contribution in [2.24, 2.45) is 5.18 Å². The summed E-state index contributed by atoms with van der Waals surface area (Å²) in [5.41, 5.74) is 5.83. The Morgan fingerprint density at radius 3 is 3.00 bits per heavy atom. The van der Waals surface area contributed by atoms with Gasteiger partial charge in [0.2, 0.25) is 5.95 Å². The maximum Gasteiger partial charge on any atom is 0.220 e. The summed E-state index contributed by atoms with van der Waals surface area (Å²) in [4.78, 5) is 17.6. The van der Waals surface area contributed by atoms with Crippen LogP contribution in [0.2, 0.25) is 0 Å². The van der Waals surface area contributed by atoms with Crippen molar-refractivity contribution >= 4 is 5.95 Å². The lowest BCUT2D eigenvalue weighted by atomic mass is 10.2. The van der Waals surface area contributed by atoms with Crippen LogP contribution in [0.1, 0.15) is 18.7 Å². The number of hydrogen-bond donors (Lipinski definition) is 1. The van der Waals surface area contributed by atoms with Gasteiger partial charge in [-0.2, -0.15) is 4.91 Å². The first-order valence-electron chi connectivity index (χ1n) is 3.15. The molecule has 1 heterocycles. The number of rotatable bonds is 2. The molecule has 0 aliphatic rings. The van der Waals surface area contributed by atoms with Crippen LogP contribution in [0.15, 0.2) is 17.4 Å². The van der Waals surface area contributed by atoms with E-state index < -0.39 is 6.04 Å². The van der Waals surface area contributed by atoms with Crippen LogP contribution < -0.4 is 5.73 Å². The van der Waals surface area contributed by atoms with E-state index in [0.29, 0.717) is 5.69 Å². The first kappa shape index (κ1) is 7.59. The Bertz CT molecular complexity index is 263. The van der Waals surface area contributed by atoms with E-state index in [4.69, 9.17) is 5.73 Å². The lowest BCUT2D eigenvalue weighted by molar-refractivity contribution is 0.772. The molecule has 0 aromatic carbocycles. The van der Waals surface area contributed by atoms with Gasteiger partial charge in [0.15, 0.2) is 0 Å². The summed E-state index contributed by atoms with van der Waals surface area (Å²) in [6.45, 7) is 1.65. The summed E-state index contributed by atoms with van der Waals surface area (Å²) in [7, 11) is 0. The Morgan fingerprint density at radius 2 is 2.45 bits per heavy atom. The molecule has 11 heavy (non-hydrogen) atoms. The second kappa shape index (κ2) is 3.05. The molecule has 5 nitrogen and oxygen atoms in total. The SMILES string of the molecule is CC(N=O)c1ccnc(N)n1. The van der Waals surface area contributed by atoms with E-state index in [9.17, 15) is 4.91 Å². The fourth-order valence-corrected chi connectivity index (χ4v) is 0.675. The van der Waals surface area contributed by atoms with Crippen LogP contribution in [0.4, 0.5) is 5.95 Å². The lowest BCUT2D eigenvalue weighted by Crippen LogP contribution is -1.99. The Balaban J connectivity index is 2.95. The second-order valence-electron chi connectivity index (χ2n) is 2.12. The summed E-state index contributed by atoms with van der Waals surface area (Å²) < 4.78 is 0. The zero-order chi connectivity index (χ0) is 8.27. The number of nitrogens with two attached hydrogens (primary N) is 1. The average Bonchev–Trinajstić information content (AvgIpc) is 2.03. The number of anilines is 1. The molecule has 0 saturated carbocycles. The van der Waals surface area contributed by atoms with Crippen LogP contribution in [-0.4, -0.2) is 9.97 Å². The van der Waals surface area contributed by atoms with E-state index >= 15 is 0 Å². The van der Waals surface area contributed by atoms with Crippen molar-refractivity contribution in [1.82, 2.24) is 9.97 Å². The zero-order valence-corrected chi connectivity index (χ0v) is 6.06. The van der Waals surface area contributed by atoms with Crippen LogP contribution in [0.25, 0.3) is 0 Å². The van der Waals surface area contributed by atoms with Gasteiger partial charge in [0.05, 0.1) is 5.69 Å². The highest BCUT2D eigenvalue weighted by Crippen LogP contribution is 2.12. The molecule has 1 unspecified atom stereocenters. The Labute approximate surface area is 63.6 Å². The molecular formula is C6H8N4O. The van der Waals surface area contributed by atoms with Crippen molar-refractivity contribution in [3.63, 3.8) is 0 Å². The average molecular weight is 152 g/mol. The third-order valence-electron chi connectivity index (χ3n) is 1.28. The molecule has 0 saturated heterocycles. The van der Waals surface area contributed by atoms with Crippen LogP contribution in [0, 0.1) is 4.91 Å². The van der Waals surface area contributed by atoms with Gasteiger partial charge in [-0.15, -0.1) is 0 Å². The number of hydrogen-bond acceptors (Lipinski definition) is 5. The van der Waals surface area contributed by atoms with E-state index in [1.807, 2.05) is 0 Å². The predicted molar refractivity (Wildman–Crippen MR) is 40.7 cm³/mol. The maximum absolute atomic E-state index is 10.1. The topological polar surface area (TPSA) is 81.2 Å². The fourth-order valence-electron chi connectivity index (χ4n) is 0.675. The van der Waals surface area contributed by atoms with E-state index in [0.717, 1.165) is 0 Å². The maximum atomic E-state index is 10.1. The summed E-state index contributed by atoms with van der Waals surface area (Å²) in [6, 6.07) is 1.16. The quantitative estimate of drug-likeness (QED) is 0.638.